The number of fused-ring (bicyclic) bond motifs is 1. The minimum atomic E-state index is -4.86. The van der Waals surface area contributed by atoms with Crippen molar-refractivity contribution in [2.45, 2.75) is 25.9 Å². The number of aliphatic hydroxyl groups is 1. The molecule has 1 aromatic heterocycles. The zero-order valence-electron chi connectivity index (χ0n) is 17.9. The van der Waals surface area contributed by atoms with Crippen molar-refractivity contribution in [3.8, 4) is 17.1 Å². The van der Waals surface area contributed by atoms with Gasteiger partial charge in [-0.3, -0.25) is 4.90 Å². The highest BCUT2D eigenvalue weighted by atomic mass is 19.4. The van der Waals surface area contributed by atoms with Crippen LogP contribution in [0.25, 0.3) is 11.4 Å². The molecule has 1 aliphatic rings. The number of urea groups is 1. The number of carbonyl (C=O) groups excluding carboxylic acids is 1. The van der Waals surface area contributed by atoms with Gasteiger partial charge in [-0.25, -0.2) is 9.78 Å². The second-order valence-corrected chi connectivity index (χ2v) is 7.66. The Bertz CT molecular complexity index is 1130. The van der Waals surface area contributed by atoms with Crippen molar-refractivity contribution in [1.29, 1.82) is 0 Å². The first-order chi connectivity index (χ1) is 15.8. The lowest BCUT2D eigenvalue weighted by Gasteiger charge is -2.33. The molecule has 1 aliphatic heterocycles. The predicted molar refractivity (Wildman–Crippen MR) is 116 cm³/mol. The van der Waals surface area contributed by atoms with Crippen LogP contribution in [0.5, 0.6) is 5.75 Å². The Morgan fingerprint density at radius 1 is 1.09 bits per heavy atom. The summed E-state index contributed by atoms with van der Waals surface area (Å²) in [4.78, 5) is 20.4. The highest BCUT2D eigenvalue weighted by Gasteiger charge is 2.36. The molecule has 0 bridgehead atoms. The first-order valence-electron chi connectivity index (χ1n) is 10.4. The van der Waals surface area contributed by atoms with Crippen molar-refractivity contribution in [3.63, 3.8) is 0 Å². The fourth-order valence-corrected chi connectivity index (χ4v) is 3.89. The molecule has 2 aromatic carbocycles. The summed E-state index contributed by atoms with van der Waals surface area (Å²) in [7, 11) is 1.58. The van der Waals surface area contributed by atoms with Crippen molar-refractivity contribution in [2.24, 2.45) is 0 Å². The fourth-order valence-electron chi connectivity index (χ4n) is 3.89. The highest BCUT2D eigenvalue weighted by Crippen LogP contribution is 2.38. The molecule has 10 heteroatoms. The number of aromatic nitrogens is 2. The summed E-state index contributed by atoms with van der Waals surface area (Å²) in [5.41, 5.74) is 1.79. The molecule has 2 heterocycles. The molecule has 0 saturated heterocycles. The molecule has 0 radical (unpaired) electrons. The summed E-state index contributed by atoms with van der Waals surface area (Å²) in [6.07, 6.45) is -4.45. The van der Waals surface area contributed by atoms with Gasteiger partial charge in [0.15, 0.2) is 5.82 Å². The van der Waals surface area contributed by atoms with Crippen LogP contribution in [-0.4, -0.2) is 52.2 Å². The van der Waals surface area contributed by atoms with E-state index < -0.39 is 6.36 Å². The number of halogens is 3. The molecule has 3 aromatic rings. The topological polar surface area (TPSA) is 70.8 Å². The van der Waals surface area contributed by atoms with Crippen molar-refractivity contribution in [1.82, 2.24) is 14.5 Å². The normalized spacial score (nSPS) is 13.9. The second kappa shape index (κ2) is 9.14. The Balaban J connectivity index is 1.85. The molecule has 0 saturated carbocycles. The molecule has 174 valence electrons. The number of aliphatic hydroxyl groups excluding tert-OH is 1. The van der Waals surface area contributed by atoms with Gasteiger partial charge in [-0.1, -0.05) is 42.5 Å². The first-order valence-corrected chi connectivity index (χ1v) is 10.4. The Labute approximate surface area is 188 Å². The number of imidazole rings is 1. The van der Waals surface area contributed by atoms with E-state index >= 15 is 0 Å². The maximum Gasteiger partial charge on any atom is 0.573 e. The van der Waals surface area contributed by atoms with Gasteiger partial charge >= 0.3 is 12.4 Å². The fraction of sp³-hybridized carbons (Fsp3) is 0.304. The second-order valence-electron chi connectivity index (χ2n) is 7.66. The molecule has 33 heavy (non-hydrogen) atoms. The van der Waals surface area contributed by atoms with Crippen molar-refractivity contribution in [3.05, 3.63) is 65.9 Å². The summed E-state index contributed by atoms with van der Waals surface area (Å²) in [5, 5.41) is 9.20. The smallest absolute Gasteiger partial charge is 0.405 e. The quantitative estimate of drug-likeness (QED) is 0.572. The van der Waals surface area contributed by atoms with Gasteiger partial charge in [0.2, 0.25) is 0 Å². The van der Waals surface area contributed by atoms with Crippen LogP contribution in [0.4, 0.5) is 23.8 Å². The monoisotopic (exact) mass is 460 g/mol. The number of nitrogens with zero attached hydrogens (tertiary/aromatic N) is 4. The van der Waals surface area contributed by atoms with Crippen molar-refractivity contribution >= 4 is 11.8 Å². The highest BCUT2D eigenvalue weighted by molar-refractivity contribution is 5.93. The third-order valence-electron chi connectivity index (χ3n) is 5.39. The molecule has 0 atom stereocenters. The lowest BCUT2D eigenvalue weighted by Crippen LogP contribution is -2.46. The first kappa shape index (κ1) is 22.7. The summed E-state index contributed by atoms with van der Waals surface area (Å²) in [6.45, 7) is 0.852. The van der Waals surface area contributed by atoms with Gasteiger partial charge in [0.05, 0.1) is 17.8 Å². The average Bonchev–Trinajstić information content (AvgIpc) is 3.13. The molecule has 7 nitrogen and oxygen atoms in total. The minimum absolute atomic E-state index is 0.0585. The van der Waals surface area contributed by atoms with E-state index in [1.165, 1.54) is 23.1 Å². The van der Waals surface area contributed by atoms with Gasteiger partial charge in [-0.2, -0.15) is 0 Å². The molecule has 0 spiro atoms. The van der Waals surface area contributed by atoms with Gasteiger partial charge < -0.3 is 19.3 Å². The molecule has 0 fully saturated rings. The lowest BCUT2D eigenvalue weighted by atomic mass is 10.1. The van der Waals surface area contributed by atoms with E-state index in [9.17, 15) is 23.1 Å². The molecule has 2 amide bonds. The zero-order chi connectivity index (χ0) is 23.6. The van der Waals surface area contributed by atoms with Crippen LogP contribution in [0.2, 0.25) is 0 Å². The van der Waals surface area contributed by atoms with E-state index in [0.29, 0.717) is 31.0 Å². The summed E-state index contributed by atoms with van der Waals surface area (Å²) in [5.74, 6) is 0.285. The van der Waals surface area contributed by atoms with E-state index in [2.05, 4.69) is 9.72 Å². The minimum Gasteiger partial charge on any atom is -0.405 e. The van der Waals surface area contributed by atoms with Crippen molar-refractivity contribution < 1.29 is 27.8 Å². The Morgan fingerprint density at radius 2 is 1.79 bits per heavy atom. The maximum absolute atomic E-state index is 13.1. The van der Waals surface area contributed by atoms with Crippen LogP contribution in [0.3, 0.4) is 0 Å². The number of ether oxygens (including phenoxy) is 1. The molecule has 0 aliphatic carbocycles. The van der Waals surface area contributed by atoms with Crippen LogP contribution in [0, 0.1) is 0 Å². The van der Waals surface area contributed by atoms with Gasteiger partial charge in [0.25, 0.3) is 0 Å². The van der Waals surface area contributed by atoms with Gasteiger partial charge in [0.1, 0.15) is 11.6 Å². The third-order valence-corrected chi connectivity index (χ3v) is 5.39. The number of anilines is 1. The largest absolute Gasteiger partial charge is 0.573 e. The Hall–Kier alpha value is -3.53. The van der Waals surface area contributed by atoms with Crippen LogP contribution in [-0.2, 0) is 13.1 Å². The number of hydrogen-bond donors (Lipinski definition) is 1. The standard InChI is InChI=1S/C23H23F3N4O3/c1-28-21-18(15-29(22(28)32)12-7-13-31)30(14-16-8-3-2-4-9-16)20(27-21)17-10-5-6-11-19(17)33-23(24,25)26/h2-6,8-11,31H,7,12-15H2,1H3. The lowest BCUT2D eigenvalue weighted by molar-refractivity contribution is -0.274. The average molecular weight is 460 g/mol. The number of rotatable bonds is 7. The van der Waals surface area contributed by atoms with Crippen LogP contribution in [0.1, 0.15) is 17.7 Å². The molecule has 1 N–H and O–H groups in total. The van der Waals surface area contributed by atoms with E-state index in [-0.39, 0.29) is 36.3 Å². The summed E-state index contributed by atoms with van der Waals surface area (Å²) >= 11 is 0. The number of carbonyl (C=O) groups is 1. The van der Waals surface area contributed by atoms with E-state index in [1.807, 2.05) is 34.9 Å². The molecule has 0 unspecified atom stereocenters. The summed E-state index contributed by atoms with van der Waals surface area (Å²) in [6, 6.07) is 15.0. The van der Waals surface area contributed by atoms with E-state index in [0.717, 1.165) is 5.56 Å². The Kier molecular flexibility index (Phi) is 6.28. The zero-order valence-corrected chi connectivity index (χ0v) is 17.9. The van der Waals surface area contributed by atoms with Crippen LogP contribution in [0.15, 0.2) is 54.6 Å². The van der Waals surface area contributed by atoms with Crippen LogP contribution < -0.4 is 9.64 Å². The van der Waals surface area contributed by atoms with E-state index in [4.69, 9.17) is 0 Å². The van der Waals surface area contributed by atoms with Crippen LogP contribution >= 0.6 is 0 Å². The number of benzene rings is 2. The molecule has 4 rings (SSSR count). The van der Waals surface area contributed by atoms with Gasteiger partial charge in [-0.05, 0) is 24.1 Å². The predicted octanol–water partition coefficient (Wildman–Crippen LogP) is 4.25. The van der Waals surface area contributed by atoms with Crippen molar-refractivity contribution in [2.75, 3.05) is 25.1 Å². The van der Waals surface area contributed by atoms with Gasteiger partial charge in [-0.15, -0.1) is 13.2 Å². The molecular weight excluding hydrogens is 437 g/mol. The molecular formula is C23H23F3N4O3. The number of hydrogen-bond acceptors (Lipinski definition) is 4. The number of amides is 2. The van der Waals surface area contributed by atoms with E-state index in [1.54, 1.807) is 18.0 Å². The van der Waals surface area contributed by atoms with Gasteiger partial charge in [0, 0.05) is 26.7 Å². The summed E-state index contributed by atoms with van der Waals surface area (Å²) < 4.78 is 45.3. The number of para-hydroxylation sites is 1. The third kappa shape index (κ3) is 4.80. The SMILES string of the molecule is CN1C(=O)N(CCCO)Cc2c1nc(-c1ccccc1OC(F)(F)F)n2Cc1ccccc1. The maximum atomic E-state index is 13.1. The Morgan fingerprint density at radius 3 is 2.48 bits per heavy atom. The number of alkyl halides is 3.